The topological polar surface area (TPSA) is 18.5 Å². The fraction of sp³-hybridized carbons (Fsp3) is 0.667. The van der Waals surface area contributed by atoms with Crippen LogP contribution in [-0.2, 0) is 9.47 Å². The molecule has 0 amide bonds. The molecule has 1 aromatic rings. The Hall–Kier alpha value is -0.903. The molecule has 1 aromatic carbocycles. The van der Waals surface area contributed by atoms with Crippen LogP contribution < -0.4 is 0 Å². The summed E-state index contributed by atoms with van der Waals surface area (Å²) in [6, 6.07) is 15.2. The highest BCUT2D eigenvalue weighted by Gasteiger charge is 2.48. The molecule has 1 aliphatic heterocycles. The van der Waals surface area contributed by atoms with Gasteiger partial charge < -0.3 is 9.47 Å². The molecule has 2 fully saturated rings. The van der Waals surface area contributed by atoms with Gasteiger partial charge in [-0.3, -0.25) is 0 Å². The summed E-state index contributed by atoms with van der Waals surface area (Å²) in [5, 5.41) is 1.75. The van der Waals surface area contributed by atoms with Crippen molar-refractivity contribution in [3.8, 4) is 0 Å². The fourth-order valence-corrected chi connectivity index (χ4v) is 9.79. The zero-order chi connectivity index (χ0) is 19.7. The van der Waals surface area contributed by atoms with E-state index in [0.29, 0.717) is 5.92 Å². The van der Waals surface area contributed by atoms with Gasteiger partial charge in [-0.2, -0.15) is 0 Å². The van der Waals surface area contributed by atoms with Crippen molar-refractivity contribution in [3.63, 3.8) is 0 Å². The smallest absolute Gasteiger partial charge is 0.162 e. The molecule has 1 unspecified atom stereocenters. The molecule has 0 aromatic heterocycles. The molecule has 2 nitrogen and oxygen atoms in total. The first-order valence-corrected chi connectivity index (χ1v) is 13.5. The summed E-state index contributed by atoms with van der Waals surface area (Å²) < 4.78 is 12.2. The molecule has 1 spiro atoms. The van der Waals surface area contributed by atoms with Crippen molar-refractivity contribution >= 4 is 13.3 Å². The monoisotopic (exact) mass is 386 g/mol. The molecular weight excluding hydrogens is 348 g/mol. The maximum Gasteiger partial charge on any atom is 0.162 e. The molecule has 0 bridgehead atoms. The average Bonchev–Trinajstić information content (AvgIpc) is 2.99. The maximum absolute atomic E-state index is 6.12. The molecule has 2 aliphatic rings. The SMILES string of the molecule is CC[Si](CC)(CC)/C(=C1\CC2(COC(C)(C)OC2)CC1C)c1ccccc1. The second-order valence-corrected chi connectivity index (χ2v) is 14.5. The van der Waals surface area contributed by atoms with Crippen LogP contribution in [0.25, 0.3) is 5.20 Å². The summed E-state index contributed by atoms with van der Waals surface area (Å²) >= 11 is 0. The molecule has 27 heavy (non-hydrogen) atoms. The van der Waals surface area contributed by atoms with Crippen molar-refractivity contribution in [3.05, 3.63) is 41.5 Å². The summed E-state index contributed by atoms with van der Waals surface area (Å²) in [7, 11) is -1.51. The van der Waals surface area contributed by atoms with Crippen molar-refractivity contribution in [2.45, 2.75) is 78.3 Å². The molecule has 3 heteroatoms. The third kappa shape index (κ3) is 3.97. The van der Waals surface area contributed by atoms with Crippen molar-refractivity contribution in [2.24, 2.45) is 11.3 Å². The van der Waals surface area contributed by atoms with E-state index in [1.807, 2.05) is 13.8 Å². The number of rotatable bonds is 5. The van der Waals surface area contributed by atoms with Gasteiger partial charge >= 0.3 is 0 Å². The highest BCUT2D eigenvalue weighted by atomic mass is 28.3. The second-order valence-electron chi connectivity index (χ2n) is 9.37. The highest BCUT2D eigenvalue weighted by molar-refractivity contribution is 6.96. The summed E-state index contributed by atoms with van der Waals surface area (Å²) in [5.74, 6) is 0.183. The Morgan fingerprint density at radius 3 is 2.07 bits per heavy atom. The van der Waals surface area contributed by atoms with Crippen LogP contribution in [0.5, 0.6) is 0 Å². The van der Waals surface area contributed by atoms with Gasteiger partial charge in [0.25, 0.3) is 0 Å². The van der Waals surface area contributed by atoms with E-state index in [1.54, 1.807) is 10.8 Å². The molecule has 1 saturated carbocycles. The largest absolute Gasteiger partial charge is 0.350 e. The van der Waals surface area contributed by atoms with Crippen LogP contribution in [0, 0.1) is 11.3 Å². The minimum atomic E-state index is -1.51. The minimum Gasteiger partial charge on any atom is -0.350 e. The van der Waals surface area contributed by atoms with Gasteiger partial charge in [0.05, 0.1) is 21.3 Å². The normalized spacial score (nSPS) is 26.4. The van der Waals surface area contributed by atoms with E-state index in [4.69, 9.17) is 9.47 Å². The van der Waals surface area contributed by atoms with E-state index >= 15 is 0 Å². The summed E-state index contributed by atoms with van der Waals surface area (Å²) in [6.45, 7) is 15.4. The van der Waals surface area contributed by atoms with Gasteiger partial charge in [0.1, 0.15) is 0 Å². The van der Waals surface area contributed by atoms with Crippen LogP contribution in [0.3, 0.4) is 0 Å². The Morgan fingerprint density at radius 1 is 1.00 bits per heavy atom. The van der Waals surface area contributed by atoms with E-state index in [2.05, 4.69) is 58.0 Å². The molecule has 0 N–H and O–H groups in total. The van der Waals surface area contributed by atoms with Gasteiger partial charge in [-0.05, 0) is 38.2 Å². The van der Waals surface area contributed by atoms with Gasteiger partial charge in [-0.1, -0.05) is 86.9 Å². The first-order valence-electron chi connectivity index (χ1n) is 10.9. The summed E-state index contributed by atoms with van der Waals surface area (Å²) in [4.78, 5) is 0. The molecule has 1 atom stereocenters. The Bertz CT molecular complexity index is 655. The van der Waals surface area contributed by atoms with Gasteiger partial charge in [-0.25, -0.2) is 0 Å². The van der Waals surface area contributed by atoms with E-state index in [1.165, 1.54) is 30.1 Å². The average molecular weight is 387 g/mol. The molecule has 3 rings (SSSR count). The van der Waals surface area contributed by atoms with Crippen LogP contribution in [0.4, 0.5) is 0 Å². The lowest BCUT2D eigenvalue weighted by Gasteiger charge is -2.41. The lowest BCUT2D eigenvalue weighted by Crippen LogP contribution is -2.45. The van der Waals surface area contributed by atoms with Crippen LogP contribution in [0.15, 0.2) is 35.9 Å². The van der Waals surface area contributed by atoms with Crippen LogP contribution in [0.1, 0.15) is 59.9 Å². The van der Waals surface area contributed by atoms with E-state index in [-0.39, 0.29) is 5.41 Å². The third-order valence-electron chi connectivity index (χ3n) is 7.30. The first kappa shape index (κ1) is 20.8. The number of hydrogen-bond acceptors (Lipinski definition) is 2. The summed E-state index contributed by atoms with van der Waals surface area (Å²) in [6.07, 6.45) is 2.33. The second kappa shape index (κ2) is 7.85. The molecule has 1 saturated heterocycles. The van der Waals surface area contributed by atoms with Gasteiger partial charge in [0, 0.05) is 5.41 Å². The molecular formula is C24H38O2Si. The third-order valence-corrected chi connectivity index (χ3v) is 13.0. The molecule has 0 radical (unpaired) electrons. The first-order chi connectivity index (χ1) is 12.8. The Morgan fingerprint density at radius 2 is 1.56 bits per heavy atom. The predicted molar refractivity (Wildman–Crippen MR) is 117 cm³/mol. The van der Waals surface area contributed by atoms with Crippen molar-refractivity contribution in [1.29, 1.82) is 0 Å². The van der Waals surface area contributed by atoms with Crippen molar-refractivity contribution in [1.82, 2.24) is 0 Å². The van der Waals surface area contributed by atoms with Gasteiger partial charge in [0.2, 0.25) is 0 Å². The molecule has 1 heterocycles. The van der Waals surface area contributed by atoms with Crippen LogP contribution in [0.2, 0.25) is 18.1 Å². The Labute approximate surface area is 167 Å². The quantitative estimate of drug-likeness (QED) is 0.525. The summed E-state index contributed by atoms with van der Waals surface area (Å²) in [5.41, 5.74) is 3.36. The number of allylic oxidation sites excluding steroid dienone is 1. The van der Waals surface area contributed by atoms with E-state index < -0.39 is 13.9 Å². The van der Waals surface area contributed by atoms with Crippen molar-refractivity contribution < 1.29 is 9.47 Å². The van der Waals surface area contributed by atoms with Crippen LogP contribution in [-0.4, -0.2) is 27.1 Å². The number of hydrogen-bond donors (Lipinski definition) is 0. The predicted octanol–water partition coefficient (Wildman–Crippen LogP) is 6.69. The lowest BCUT2D eigenvalue weighted by atomic mass is 9.86. The van der Waals surface area contributed by atoms with Gasteiger partial charge in [0.15, 0.2) is 5.79 Å². The number of benzene rings is 1. The number of ether oxygens (including phenoxy) is 2. The minimum absolute atomic E-state index is 0.166. The van der Waals surface area contributed by atoms with E-state index in [0.717, 1.165) is 19.6 Å². The highest BCUT2D eigenvalue weighted by Crippen LogP contribution is 2.53. The lowest BCUT2D eigenvalue weighted by molar-refractivity contribution is -0.284. The zero-order valence-corrected chi connectivity index (χ0v) is 19.2. The molecule has 150 valence electrons. The standard InChI is InChI=1S/C24H38O2Si/c1-7-27(8-2,9-3)22(20-13-11-10-12-14-20)21-16-24(15-19(21)4)17-25-23(5,6)26-18-24/h10-14,19H,7-9,15-18H2,1-6H3/b22-21+. The Kier molecular flexibility index (Phi) is 6.05. The van der Waals surface area contributed by atoms with Gasteiger partial charge in [-0.15, -0.1) is 0 Å². The molecule has 1 aliphatic carbocycles. The van der Waals surface area contributed by atoms with Crippen LogP contribution >= 0.6 is 0 Å². The maximum atomic E-state index is 6.12. The zero-order valence-electron chi connectivity index (χ0n) is 18.2. The Balaban J connectivity index is 2.07. The van der Waals surface area contributed by atoms with E-state index in [9.17, 15) is 0 Å². The fourth-order valence-electron chi connectivity index (χ4n) is 5.43. The van der Waals surface area contributed by atoms with Crippen molar-refractivity contribution in [2.75, 3.05) is 13.2 Å².